The first-order chi connectivity index (χ1) is 14.0. The zero-order valence-corrected chi connectivity index (χ0v) is 17.2. The smallest absolute Gasteiger partial charge is 0.293 e. The number of carbonyl (C=O) groups excluding carboxylic acids is 1. The molecule has 0 radical (unpaired) electrons. The molecule has 4 aromatic rings. The van der Waals surface area contributed by atoms with Crippen LogP contribution < -0.4 is 10.4 Å². The van der Waals surface area contributed by atoms with Gasteiger partial charge in [0, 0.05) is 19.4 Å². The molecule has 7 heteroatoms. The van der Waals surface area contributed by atoms with Crippen molar-refractivity contribution in [1.82, 2.24) is 13.9 Å². The molecule has 29 heavy (non-hydrogen) atoms. The Hall–Kier alpha value is -3.45. The van der Waals surface area contributed by atoms with Gasteiger partial charge in [0.2, 0.25) is 0 Å². The van der Waals surface area contributed by atoms with Gasteiger partial charge in [-0.15, -0.1) is 11.3 Å². The van der Waals surface area contributed by atoms with E-state index >= 15 is 0 Å². The summed E-state index contributed by atoms with van der Waals surface area (Å²) in [5, 5.41) is 1.75. The van der Waals surface area contributed by atoms with Gasteiger partial charge in [-0.25, -0.2) is 9.67 Å². The molecule has 0 saturated heterocycles. The molecular formula is C22H20N4O2S. The van der Waals surface area contributed by atoms with Gasteiger partial charge in [0.15, 0.2) is 10.6 Å². The fourth-order valence-corrected chi connectivity index (χ4v) is 4.22. The van der Waals surface area contributed by atoms with Gasteiger partial charge in [-0.3, -0.25) is 18.8 Å². The lowest BCUT2D eigenvalue weighted by Crippen LogP contribution is -2.26. The summed E-state index contributed by atoms with van der Waals surface area (Å²) in [6.45, 7) is 3.37. The molecule has 0 atom stereocenters. The minimum atomic E-state index is -0.202. The van der Waals surface area contributed by atoms with Crippen molar-refractivity contribution in [2.24, 2.45) is 12.0 Å². The number of hydrogen-bond acceptors (Lipinski definition) is 4. The van der Waals surface area contributed by atoms with Crippen LogP contribution in [0.15, 0.2) is 75.8 Å². The van der Waals surface area contributed by atoms with Gasteiger partial charge in [-0.05, 0) is 31.2 Å². The molecule has 2 aromatic heterocycles. The first kappa shape index (κ1) is 18.9. The maximum Gasteiger partial charge on any atom is 0.296 e. The minimum absolute atomic E-state index is 0.121. The first-order valence-electron chi connectivity index (χ1n) is 9.14. The van der Waals surface area contributed by atoms with E-state index in [1.165, 1.54) is 18.3 Å². The summed E-state index contributed by atoms with van der Waals surface area (Å²) < 4.78 is 5.08. The zero-order chi connectivity index (χ0) is 20.5. The Bertz CT molecular complexity index is 1310. The number of Topliss-reactive ketones (excluding diaryl/α,β-unsaturated/α-hetero) is 1. The molecule has 4 rings (SSSR count). The van der Waals surface area contributed by atoms with E-state index in [4.69, 9.17) is 0 Å². The molecule has 0 unspecified atom stereocenters. The van der Waals surface area contributed by atoms with Crippen molar-refractivity contribution in [3.63, 3.8) is 0 Å². The van der Waals surface area contributed by atoms with Gasteiger partial charge in [-0.1, -0.05) is 36.4 Å². The van der Waals surface area contributed by atoms with E-state index in [2.05, 4.69) is 4.99 Å². The number of ketones is 1. The number of aromatic nitrogens is 3. The number of nitrogens with zero attached hydrogens (tertiary/aromatic N) is 4. The highest BCUT2D eigenvalue weighted by atomic mass is 32.1. The first-order valence-corrected chi connectivity index (χ1v) is 10.0. The quantitative estimate of drug-likeness (QED) is 0.486. The monoisotopic (exact) mass is 404 g/mol. The molecule has 2 heterocycles. The van der Waals surface area contributed by atoms with Crippen LogP contribution in [0.4, 0.5) is 5.69 Å². The molecule has 0 bridgehead atoms. The standard InChI is InChI=1S/C22H20N4O2S/c1-15-20(21(28)26(24(15)3)18-12-8-5-9-13-18)25-19(16(2)27)14-29-22(25)23-17-10-6-4-7-11-17/h4-14H,1-3H3. The molecule has 0 aliphatic rings. The van der Waals surface area contributed by atoms with Crippen LogP contribution in [0, 0.1) is 6.92 Å². The molecule has 2 aromatic carbocycles. The highest BCUT2D eigenvalue weighted by molar-refractivity contribution is 7.07. The van der Waals surface area contributed by atoms with Gasteiger partial charge < -0.3 is 0 Å². The van der Waals surface area contributed by atoms with Gasteiger partial charge in [-0.2, -0.15) is 0 Å². The minimum Gasteiger partial charge on any atom is -0.293 e. The molecule has 0 saturated carbocycles. The number of thiazole rings is 1. The Balaban J connectivity index is 2.04. The summed E-state index contributed by atoms with van der Waals surface area (Å²) in [6, 6.07) is 18.9. The number of para-hydroxylation sites is 2. The molecule has 6 nitrogen and oxygen atoms in total. The average molecular weight is 404 g/mol. The van der Waals surface area contributed by atoms with Crippen molar-refractivity contribution >= 4 is 22.8 Å². The lowest BCUT2D eigenvalue weighted by molar-refractivity contribution is 0.101. The summed E-state index contributed by atoms with van der Waals surface area (Å²) in [5.74, 6) is -0.121. The van der Waals surface area contributed by atoms with Gasteiger partial charge in [0.25, 0.3) is 5.56 Å². The number of benzene rings is 2. The summed E-state index contributed by atoms with van der Waals surface area (Å²) in [4.78, 5) is 31.0. The van der Waals surface area contributed by atoms with E-state index in [1.807, 2.05) is 74.6 Å². The van der Waals surface area contributed by atoms with Crippen LogP contribution >= 0.6 is 11.3 Å². The third-order valence-electron chi connectivity index (χ3n) is 4.80. The van der Waals surface area contributed by atoms with Crippen LogP contribution in [0.2, 0.25) is 0 Å². The van der Waals surface area contributed by atoms with E-state index in [1.54, 1.807) is 19.3 Å². The lowest BCUT2D eigenvalue weighted by atomic mass is 10.3. The summed E-state index contributed by atoms with van der Waals surface area (Å²) in [5.41, 5.74) is 2.93. The predicted octanol–water partition coefficient (Wildman–Crippen LogP) is 3.77. The van der Waals surface area contributed by atoms with Crippen molar-refractivity contribution < 1.29 is 4.79 Å². The van der Waals surface area contributed by atoms with Crippen LogP contribution in [0.5, 0.6) is 0 Å². The second kappa shape index (κ2) is 7.52. The Morgan fingerprint density at radius 3 is 2.24 bits per heavy atom. The molecule has 0 N–H and O–H groups in total. The van der Waals surface area contributed by atoms with Gasteiger partial charge in [0.05, 0.1) is 17.1 Å². The van der Waals surface area contributed by atoms with Crippen LogP contribution in [0.1, 0.15) is 23.1 Å². The Kier molecular flexibility index (Phi) is 4.90. The number of rotatable bonds is 4. The SMILES string of the molecule is CC(=O)c1csc(=Nc2ccccc2)n1-c1c(C)n(C)n(-c2ccccc2)c1=O. The summed E-state index contributed by atoms with van der Waals surface area (Å²) in [7, 11) is 1.83. The third kappa shape index (κ3) is 3.30. The lowest BCUT2D eigenvalue weighted by Gasteiger charge is -2.07. The molecule has 146 valence electrons. The normalized spacial score (nSPS) is 11.8. The van der Waals surface area contributed by atoms with Gasteiger partial charge in [0.1, 0.15) is 11.4 Å². The van der Waals surface area contributed by atoms with Crippen molar-refractivity contribution in [1.29, 1.82) is 0 Å². The van der Waals surface area contributed by atoms with E-state index in [-0.39, 0.29) is 11.3 Å². The molecule has 0 aliphatic heterocycles. The molecule has 0 aliphatic carbocycles. The molecule has 0 amide bonds. The maximum absolute atomic E-state index is 13.5. The Morgan fingerprint density at radius 1 is 1.00 bits per heavy atom. The van der Waals surface area contributed by atoms with Crippen molar-refractivity contribution in [3.8, 4) is 11.4 Å². The van der Waals surface area contributed by atoms with Crippen LogP contribution in [0.25, 0.3) is 11.4 Å². The average Bonchev–Trinajstić information content (AvgIpc) is 3.22. The molecule has 0 fully saturated rings. The largest absolute Gasteiger partial charge is 0.296 e. The maximum atomic E-state index is 13.5. The summed E-state index contributed by atoms with van der Waals surface area (Å²) >= 11 is 1.34. The second-order valence-electron chi connectivity index (χ2n) is 6.65. The highest BCUT2D eigenvalue weighted by Crippen LogP contribution is 2.17. The fraction of sp³-hybridized carbons (Fsp3) is 0.136. The van der Waals surface area contributed by atoms with Gasteiger partial charge >= 0.3 is 0 Å². The number of carbonyl (C=O) groups is 1. The van der Waals surface area contributed by atoms with Crippen LogP contribution in [-0.2, 0) is 7.05 Å². The summed E-state index contributed by atoms with van der Waals surface area (Å²) in [6.07, 6.45) is 0. The predicted molar refractivity (Wildman–Crippen MR) is 115 cm³/mol. The number of hydrogen-bond donors (Lipinski definition) is 0. The van der Waals surface area contributed by atoms with E-state index in [9.17, 15) is 9.59 Å². The highest BCUT2D eigenvalue weighted by Gasteiger charge is 2.22. The van der Waals surface area contributed by atoms with Crippen molar-refractivity contribution in [2.45, 2.75) is 13.8 Å². The van der Waals surface area contributed by atoms with E-state index < -0.39 is 0 Å². The fourth-order valence-electron chi connectivity index (χ4n) is 3.27. The molecular weight excluding hydrogens is 384 g/mol. The second-order valence-corrected chi connectivity index (χ2v) is 7.49. The Morgan fingerprint density at radius 2 is 1.62 bits per heavy atom. The van der Waals surface area contributed by atoms with Crippen LogP contribution in [-0.4, -0.2) is 19.7 Å². The van der Waals surface area contributed by atoms with Crippen molar-refractivity contribution in [3.05, 3.63) is 92.6 Å². The zero-order valence-electron chi connectivity index (χ0n) is 16.4. The third-order valence-corrected chi connectivity index (χ3v) is 5.62. The van der Waals surface area contributed by atoms with E-state index in [0.29, 0.717) is 16.2 Å². The van der Waals surface area contributed by atoms with E-state index in [0.717, 1.165) is 17.1 Å². The molecule has 0 spiro atoms. The Labute approximate surface area is 171 Å². The van der Waals surface area contributed by atoms with Crippen LogP contribution in [0.3, 0.4) is 0 Å². The topological polar surface area (TPSA) is 61.3 Å². The van der Waals surface area contributed by atoms with Crippen molar-refractivity contribution in [2.75, 3.05) is 0 Å².